The van der Waals surface area contributed by atoms with Gasteiger partial charge in [-0.25, -0.2) is 4.79 Å². The van der Waals surface area contributed by atoms with Crippen LogP contribution in [0.4, 0.5) is 16.2 Å². The molecule has 2 amide bonds. The van der Waals surface area contributed by atoms with Crippen molar-refractivity contribution in [3.8, 4) is 28.7 Å². The van der Waals surface area contributed by atoms with Gasteiger partial charge >= 0.3 is 6.03 Å². The molecule has 2 aromatic rings. The zero-order chi connectivity index (χ0) is 19.7. The van der Waals surface area contributed by atoms with Gasteiger partial charge in [-0.2, -0.15) is 0 Å². The first-order valence-electron chi connectivity index (χ1n) is 8.97. The molecule has 0 radical (unpaired) electrons. The molecule has 0 unspecified atom stereocenters. The third-order valence-electron chi connectivity index (χ3n) is 4.81. The van der Waals surface area contributed by atoms with Crippen LogP contribution >= 0.6 is 0 Å². The summed E-state index contributed by atoms with van der Waals surface area (Å²) in [6.07, 6.45) is 1.53. The summed E-state index contributed by atoms with van der Waals surface area (Å²) in [5.41, 5.74) is 3.19. The van der Waals surface area contributed by atoms with E-state index in [0.717, 1.165) is 35.5 Å². The van der Waals surface area contributed by atoms with Crippen molar-refractivity contribution < 1.29 is 28.5 Å². The average molecular weight is 386 g/mol. The molecular weight excluding hydrogens is 364 g/mol. The summed E-state index contributed by atoms with van der Waals surface area (Å²) >= 11 is 0. The highest BCUT2D eigenvalue weighted by Crippen LogP contribution is 2.44. The highest BCUT2D eigenvalue weighted by atomic mass is 16.5. The fourth-order valence-corrected chi connectivity index (χ4v) is 3.55. The zero-order valence-corrected chi connectivity index (χ0v) is 16.0. The standard InChI is InChI=1S/C20H22N2O6/c1-24-15-9-12(10-16(25-2)19(15)26-3)21-20(23)22-17-13-5-7-27-14(13)8-11-4-6-28-18(11)17/h8-10H,4-7H2,1-3H3,(H2,21,22,23). The Kier molecular flexibility index (Phi) is 4.77. The monoisotopic (exact) mass is 386 g/mol. The van der Waals surface area contributed by atoms with Crippen LogP contribution in [0.25, 0.3) is 0 Å². The Morgan fingerprint density at radius 3 is 2.32 bits per heavy atom. The second-order valence-corrected chi connectivity index (χ2v) is 6.41. The van der Waals surface area contributed by atoms with Crippen LogP contribution in [0.5, 0.6) is 28.7 Å². The van der Waals surface area contributed by atoms with Crippen LogP contribution in [0.3, 0.4) is 0 Å². The molecule has 0 aromatic heterocycles. The molecule has 0 aliphatic carbocycles. The minimum Gasteiger partial charge on any atom is -0.493 e. The summed E-state index contributed by atoms with van der Waals surface area (Å²) in [6, 6.07) is 4.94. The van der Waals surface area contributed by atoms with Crippen LogP contribution in [-0.2, 0) is 12.8 Å². The van der Waals surface area contributed by atoms with E-state index >= 15 is 0 Å². The number of urea groups is 1. The molecular formula is C20H22N2O6. The lowest BCUT2D eigenvalue weighted by Gasteiger charge is -2.16. The van der Waals surface area contributed by atoms with Gasteiger partial charge in [-0.05, 0) is 6.07 Å². The molecule has 2 aliphatic heterocycles. The molecule has 148 valence electrons. The smallest absolute Gasteiger partial charge is 0.323 e. The van der Waals surface area contributed by atoms with E-state index in [0.29, 0.717) is 41.8 Å². The fraction of sp³-hybridized carbons (Fsp3) is 0.350. The van der Waals surface area contributed by atoms with Crippen molar-refractivity contribution in [3.05, 3.63) is 29.3 Å². The molecule has 0 bridgehead atoms. The van der Waals surface area contributed by atoms with Gasteiger partial charge in [-0.1, -0.05) is 0 Å². The van der Waals surface area contributed by atoms with Crippen LogP contribution in [0, 0.1) is 0 Å². The number of benzene rings is 2. The van der Waals surface area contributed by atoms with Crippen LogP contribution < -0.4 is 34.3 Å². The lowest BCUT2D eigenvalue weighted by Crippen LogP contribution is -2.20. The van der Waals surface area contributed by atoms with Crippen molar-refractivity contribution in [2.24, 2.45) is 0 Å². The molecule has 0 spiro atoms. The number of ether oxygens (including phenoxy) is 5. The molecule has 0 saturated carbocycles. The van der Waals surface area contributed by atoms with Gasteiger partial charge in [0.1, 0.15) is 11.5 Å². The molecule has 8 heteroatoms. The van der Waals surface area contributed by atoms with Crippen LogP contribution in [-0.4, -0.2) is 40.6 Å². The lowest BCUT2D eigenvalue weighted by atomic mass is 10.0. The molecule has 2 heterocycles. The number of carbonyl (C=O) groups excluding carboxylic acids is 1. The Hall–Kier alpha value is -3.29. The SMILES string of the molecule is COc1cc(NC(=O)Nc2c3c(cc4c2OCC4)OCC3)cc(OC)c1OC. The van der Waals surface area contributed by atoms with Gasteiger partial charge in [0, 0.05) is 36.1 Å². The van der Waals surface area contributed by atoms with E-state index in [1.54, 1.807) is 12.1 Å². The van der Waals surface area contributed by atoms with Crippen molar-refractivity contribution in [1.82, 2.24) is 0 Å². The van der Waals surface area contributed by atoms with Crippen molar-refractivity contribution in [2.45, 2.75) is 12.8 Å². The number of hydrogen-bond donors (Lipinski definition) is 2. The topological polar surface area (TPSA) is 87.3 Å². The van der Waals surface area contributed by atoms with E-state index in [4.69, 9.17) is 23.7 Å². The second-order valence-electron chi connectivity index (χ2n) is 6.41. The quantitative estimate of drug-likeness (QED) is 0.820. The van der Waals surface area contributed by atoms with E-state index in [9.17, 15) is 4.79 Å². The summed E-state index contributed by atoms with van der Waals surface area (Å²) in [5, 5.41) is 5.74. The Morgan fingerprint density at radius 1 is 0.929 bits per heavy atom. The summed E-state index contributed by atoms with van der Waals surface area (Å²) in [4.78, 5) is 12.7. The first-order valence-corrected chi connectivity index (χ1v) is 8.97. The van der Waals surface area contributed by atoms with Crippen LogP contribution in [0.15, 0.2) is 18.2 Å². The normalized spacial score (nSPS) is 13.7. The lowest BCUT2D eigenvalue weighted by molar-refractivity contribution is 0.262. The number of nitrogens with one attached hydrogen (secondary N) is 2. The summed E-state index contributed by atoms with van der Waals surface area (Å²) in [6.45, 7) is 1.20. The van der Waals surface area contributed by atoms with Crippen LogP contribution in [0.2, 0.25) is 0 Å². The molecule has 2 aliphatic rings. The van der Waals surface area contributed by atoms with Gasteiger partial charge in [0.2, 0.25) is 5.75 Å². The molecule has 2 aromatic carbocycles. The predicted molar refractivity (Wildman–Crippen MR) is 104 cm³/mol. The zero-order valence-electron chi connectivity index (χ0n) is 16.0. The first-order chi connectivity index (χ1) is 13.6. The van der Waals surface area contributed by atoms with Gasteiger partial charge in [0.05, 0.1) is 45.9 Å². The highest BCUT2D eigenvalue weighted by Gasteiger charge is 2.27. The highest BCUT2D eigenvalue weighted by molar-refractivity contribution is 6.02. The molecule has 0 saturated heterocycles. The first kappa shape index (κ1) is 18.1. The second kappa shape index (κ2) is 7.38. The van der Waals surface area contributed by atoms with E-state index in [1.165, 1.54) is 21.3 Å². The number of hydrogen-bond acceptors (Lipinski definition) is 6. The Bertz CT molecular complexity index is 870. The Morgan fingerprint density at radius 2 is 1.64 bits per heavy atom. The van der Waals surface area contributed by atoms with Gasteiger partial charge in [-0.15, -0.1) is 0 Å². The predicted octanol–water partition coefficient (Wildman–Crippen LogP) is 3.23. The third kappa shape index (κ3) is 3.11. The Balaban J connectivity index is 1.60. The largest absolute Gasteiger partial charge is 0.493 e. The minimum atomic E-state index is -0.396. The van der Waals surface area contributed by atoms with E-state index in [-0.39, 0.29) is 0 Å². The van der Waals surface area contributed by atoms with Crippen molar-refractivity contribution in [3.63, 3.8) is 0 Å². The fourth-order valence-electron chi connectivity index (χ4n) is 3.55. The number of rotatable bonds is 5. The molecule has 28 heavy (non-hydrogen) atoms. The number of carbonyl (C=O) groups is 1. The average Bonchev–Trinajstić information content (AvgIpc) is 3.36. The van der Waals surface area contributed by atoms with Gasteiger partial charge in [-0.3, -0.25) is 0 Å². The number of methoxy groups -OCH3 is 3. The van der Waals surface area contributed by atoms with Crippen molar-refractivity contribution >= 4 is 17.4 Å². The van der Waals surface area contributed by atoms with Gasteiger partial charge in [0.15, 0.2) is 11.5 Å². The summed E-state index contributed by atoms with van der Waals surface area (Å²) in [5.74, 6) is 2.91. The van der Waals surface area contributed by atoms with Crippen molar-refractivity contribution in [1.29, 1.82) is 0 Å². The maximum absolute atomic E-state index is 12.7. The van der Waals surface area contributed by atoms with Gasteiger partial charge in [0.25, 0.3) is 0 Å². The number of anilines is 2. The minimum absolute atomic E-state index is 0.396. The number of amides is 2. The van der Waals surface area contributed by atoms with Crippen molar-refractivity contribution in [2.75, 3.05) is 45.2 Å². The van der Waals surface area contributed by atoms with Gasteiger partial charge < -0.3 is 34.3 Å². The van der Waals surface area contributed by atoms with E-state index in [2.05, 4.69) is 10.6 Å². The third-order valence-corrected chi connectivity index (χ3v) is 4.81. The molecule has 0 atom stereocenters. The molecule has 2 N–H and O–H groups in total. The van der Waals surface area contributed by atoms with E-state index < -0.39 is 6.03 Å². The number of fused-ring (bicyclic) bond motifs is 2. The van der Waals surface area contributed by atoms with Crippen LogP contribution in [0.1, 0.15) is 11.1 Å². The summed E-state index contributed by atoms with van der Waals surface area (Å²) in [7, 11) is 4.57. The maximum Gasteiger partial charge on any atom is 0.323 e. The summed E-state index contributed by atoms with van der Waals surface area (Å²) < 4.78 is 27.4. The molecule has 8 nitrogen and oxygen atoms in total. The van der Waals surface area contributed by atoms with E-state index in [1.807, 2.05) is 6.07 Å². The molecule has 4 rings (SSSR count). The maximum atomic E-state index is 12.7. The Labute approximate surface area is 162 Å². The molecule has 0 fully saturated rings.